The molecule has 1 saturated carbocycles. The molecule has 2 aliphatic carbocycles. The fraction of sp³-hybridized carbons (Fsp3) is 0.625. The number of ether oxygens (including phenoxy) is 1. The van der Waals surface area contributed by atoms with Crippen molar-refractivity contribution in [1.29, 1.82) is 5.26 Å². The second kappa shape index (κ2) is 6.56. The van der Waals surface area contributed by atoms with Gasteiger partial charge >= 0.3 is 5.97 Å². The van der Waals surface area contributed by atoms with E-state index in [1.807, 2.05) is 19.1 Å². The third-order valence-corrected chi connectivity index (χ3v) is 3.78. The van der Waals surface area contributed by atoms with E-state index >= 15 is 0 Å². The molecule has 0 aliphatic heterocycles. The minimum atomic E-state index is -0.244. The van der Waals surface area contributed by atoms with E-state index in [0.29, 0.717) is 18.1 Å². The lowest BCUT2D eigenvalue weighted by molar-refractivity contribution is -0.138. The highest BCUT2D eigenvalue weighted by atomic mass is 16.5. The van der Waals surface area contributed by atoms with Crippen molar-refractivity contribution < 1.29 is 9.53 Å². The molecule has 3 heteroatoms. The molecule has 0 aromatic rings. The summed E-state index contributed by atoms with van der Waals surface area (Å²) in [6, 6.07) is 2.43. The molecule has 0 saturated heterocycles. The van der Waals surface area contributed by atoms with E-state index in [4.69, 9.17) is 4.74 Å². The van der Waals surface area contributed by atoms with Crippen LogP contribution >= 0.6 is 0 Å². The van der Waals surface area contributed by atoms with E-state index in [2.05, 4.69) is 12.1 Å². The monoisotopic (exact) mass is 259 g/mol. The zero-order valence-electron chi connectivity index (χ0n) is 11.5. The molecule has 0 N–H and O–H groups in total. The van der Waals surface area contributed by atoms with Crippen molar-refractivity contribution in [1.82, 2.24) is 0 Å². The van der Waals surface area contributed by atoms with Crippen molar-refractivity contribution in [2.75, 3.05) is 6.61 Å². The van der Waals surface area contributed by atoms with Crippen molar-refractivity contribution in [2.24, 2.45) is 17.8 Å². The minimum Gasteiger partial charge on any atom is -0.462 e. The van der Waals surface area contributed by atoms with Gasteiger partial charge in [0.2, 0.25) is 0 Å². The van der Waals surface area contributed by atoms with Crippen LogP contribution in [0.1, 0.15) is 39.0 Å². The van der Waals surface area contributed by atoms with Gasteiger partial charge in [0.25, 0.3) is 0 Å². The molecule has 0 bridgehead atoms. The van der Waals surface area contributed by atoms with Crippen molar-refractivity contribution in [3.63, 3.8) is 0 Å². The normalized spacial score (nSPS) is 23.4. The number of hydrogen-bond donors (Lipinski definition) is 0. The second-order valence-corrected chi connectivity index (χ2v) is 5.48. The van der Waals surface area contributed by atoms with E-state index in [-0.39, 0.29) is 11.9 Å². The Labute approximate surface area is 114 Å². The van der Waals surface area contributed by atoms with Crippen LogP contribution in [0.3, 0.4) is 0 Å². The molecule has 0 spiro atoms. The Bertz CT molecular complexity index is 427. The van der Waals surface area contributed by atoms with Crippen molar-refractivity contribution >= 4 is 5.97 Å². The molecule has 0 heterocycles. The van der Waals surface area contributed by atoms with Crippen LogP contribution in [-0.4, -0.2) is 12.6 Å². The Morgan fingerprint density at radius 1 is 1.53 bits per heavy atom. The van der Waals surface area contributed by atoms with Gasteiger partial charge in [0, 0.05) is 5.92 Å². The molecule has 2 aliphatic rings. The van der Waals surface area contributed by atoms with Crippen LogP contribution in [0.5, 0.6) is 0 Å². The summed E-state index contributed by atoms with van der Waals surface area (Å²) >= 11 is 0. The lowest BCUT2D eigenvalue weighted by Crippen LogP contribution is -2.12. The average molecular weight is 259 g/mol. The van der Waals surface area contributed by atoms with Crippen molar-refractivity contribution in [2.45, 2.75) is 39.0 Å². The first kappa shape index (κ1) is 13.9. The molecule has 1 fully saturated rings. The number of carbonyl (C=O) groups excluding carboxylic acids is 1. The average Bonchev–Trinajstić information content (AvgIpc) is 3.23. The maximum atomic E-state index is 11.5. The third kappa shape index (κ3) is 4.24. The molecule has 2 rings (SSSR count). The number of nitrogens with zero attached hydrogens (tertiary/aromatic N) is 1. The number of nitriles is 1. The van der Waals surface area contributed by atoms with Crippen LogP contribution in [0.4, 0.5) is 0 Å². The molecule has 3 nitrogen and oxygen atoms in total. The first-order valence-corrected chi connectivity index (χ1v) is 7.18. The highest BCUT2D eigenvalue weighted by molar-refractivity contribution is 5.91. The molecule has 0 radical (unpaired) electrons. The SMILES string of the molecule is CCOC(=O)C1=CCC(CC(C#N)CC2CC2)C=C1. The minimum absolute atomic E-state index is 0.166. The molecule has 0 aromatic carbocycles. The van der Waals surface area contributed by atoms with Crippen LogP contribution in [0.2, 0.25) is 0 Å². The van der Waals surface area contributed by atoms with Crippen LogP contribution < -0.4 is 0 Å². The fourth-order valence-corrected chi connectivity index (χ4v) is 2.53. The number of carbonyl (C=O) groups is 1. The van der Waals surface area contributed by atoms with Gasteiger partial charge in [0.1, 0.15) is 0 Å². The summed E-state index contributed by atoms with van der Waals surface area (Å²) in [5.74, 6) is 1.11. The molecule has 2 unspecified atom stereocenters. The quantitative estimate of drug-likeness (QED) is 0.687. The molecule has 0 aromatic heterocycles. The van der Waals surface area contributed by atoms with Crippen LogP contribution in [-0.2, 0) is 9.53 Å². The van der Waals surface area contributed by atoms with Crippen LogP contribution in [0.25, 0.3) is 0 Å². The van der Waals surface area contributed by atoms with Crippen molar-refractivity contribution in [3.05, 3.63) is 23.8 Å². The summed E-state index contributed by atoms with van der Waals surface area (Å²) in [7, 11) is 0. The molecule has 19 heavy (non-hydrogen) atoms. The summed E-state index contributed by atoms with van der Waals surface area (Å²) in [6.45, 7) is 2.22. The molecular formula is C16H21NO2. The standard InChI is InChI=1S/C16H21NO2/c1-2-19-16(18)15-7-5-13(6-8-15)10-14(11-17)9-12-3-4-12/h5,7-8,12-14H,2-4,6,9-10H2,1H3. The van der Waals surface area contributed by atoms with Gasteiger partial charge in [-0.3, -0.25) is 0 Å². The summed E-state index contributed by atoms with van der Waals surface area (Å²) in [5, 5.41) is 9.18. The first-order valence-electron chi connectivity index (χ1n) is 7.18. The molecule has 2 atom stereocenters. The largest absolute Gasteiger partial charge is 0.462 e. The third-order valence-electron chi connectivity index (χ3n) is 3.78. The highest BCUT2D eigenvalue weighted by Gasteiger charge is 2.27. The number of hydrogen-bond acceptors (Lipinski definition) is 3. The Morgan fingerprint density at radius 2 is 2.32 bits per heavy atom. The Kier molecular flexibility index (Phi) is 4.79. The van der Waals surface area contributed by atoms with Crippen molar-refractivity contribution in [3.8, 4) is 6.07 Å². The van der Waals surface area contributed by atoms with E-state index in [9.17, 15) is 10.1 Å². The molecular weight excluding hydrogens is 238 g/mol. The van der Waals surface area contributed by atoms with Gasteiger partial charge in [-0.2, -0.15) is 5.26 Å². The van der Waals surface area contributed by atoms with Gasteiger partial charge in [-0.25, -0.2) is 4.79 Å². The first-order chi connectivity index (χ1) is 9.22. The van der Waals surface area contributed by atoms with Gasteiger partial charge in [-0.1, -0.05) is 31.1 Å². The van der Waals surface area contributed by atoms with E-state index < -0.39 is 0 Å². The zero-order valence-corrected chi connectivity index (χ0v) is 11.5. The Hall–Kier alpha value is -1.56. The summed E-state index contributed by atoms with van der Waals surface area (Å²) in [6.07, 6.45) is 11.2. The maximum Gasteiger partial charge on any atom is 0.337 e. The predicted octanol–water partition coefficient (Wildman–Crippen LogP) is 3.38. The summed E-state index contributed by atoms with van der Waals surface area (Å²) in [4.78, 5) is 11.5. The predicted molar refractivity (Wildman–Crippen MR) is 73.0 cm³/mol. The smallest absolute Gasteiger partial charge is 0.337 e. The lowest BCUT2D eigenvalue weighted by Gasteiger charge is -2.18. The van der Waals surface area contributed by atoms with Gasteiger partial charge in [0.05, 0.1) is 18.2 Å². The van der Waals surface area contributed by atoms with Gasteiger partial charge in [-0.15, -0.1) is 0 Å². The van der Waals surface area contributed by atoms with E-state index in [0.717, 1.165) is 25.2 Å². The summed E-state index contributed by atoms with van der Waals surface area (Å²) < 4.78 is 4.97. The highest BCUT2D eigenvalue weighted by Crippen LogP contribution is 2.37. The lowest BCUT2D eigenvalue weighted by atomic mass is 9.86. The number of esters is 1. The number of rotatable bonds is 6. The van der Waals surface area contributed by atoms with Crippen LogP contribution in [0.15, 0.2) is 23.8 Å². The molecule has 0 amide bonds. The van der Waals surface area contributed by atoms with Gasteiger partial charge < -0.3 is 4.74 Å². The maximum absolute atomic E-state index is 11.5. The van der Waals surface area contributed by atoms with Gasteiger partial charge in [-0.05, 0) is 38.0 Å². The van der Waals surface area contributed by atoms with Gasteiger partial charge in [0.15, 0.2) is 0 Å². The van der Waals surface area contributed by atoms with E-state index in [1.165, 1.54) is 12.8 Å². The topological polar surface area (TPSA) is 50.1 Å². The number of allylic oxidation sites excluding steroid dienone is 2. The Balaban J connectivity index is 1.80. The molecule has 102 valence electrons. The zero-order chi connectivity index (χ0) is 13.7. The van der Waals surface area contributed by atoms with E-state index in [1.54, 1.807) is 0 Å². The fourth-order valence-electron chi connectivity index (χ4n) is 2.53. The van der Waals surface area contributed by atoms with Crippen LogP contribution in [0, 0.1) is 29.1 Å². The summed E-state index contributed by atoms with van der Waals surface area (Å²) in [5.41, 5.74) is 0.647. The second-order valence-electron chi connectivity index (χ2n) is 5.48. The Morgan fingerprint density at radius 3 is 2.84 bits per heavy atom.